The lowest BCUT2D eigenvalue weighted by Crippen LogP contribution is -2.33. The van der Waals surface area contributed by atoms with Crippen molar-refractivity contribution in [3.8, 4) is 0 Å². The second kappa shape index (κ2) is 15.1. The normalized spacial score (nSPS) is 16.9. The monoisotopic (exact) mass is 610 g/mol. The summed E-state index contributed by atoms with van der Waals surface area (Å²) in [4.78, 5) is 0. The van der Waals surface area contributed by atoms with E-state index >= 15 is 0 Å². The fraction of sp³-hybridized carbons (Fsp3) is 0.300. The average molecular weight is 611 g/mol. The van der Waals surface area contributed by atoms with E-state index in [1.165, 1.54) is 65.3 Å². The molecule has 0 radical (unpaired) electrons. The molecule has 0 atom stereocenters. The van der Waals surface area contributed by atoms with E-state index in [-0.39, 0.29) is 0 Å². The van der Waals surface area contributed by atoms with Crippen molar-refractivity contribution in [3.63, 3.8) is 0 Å². The van der Waals surface area contributed by atoms with Crippen molar-refractivity contribution in [2.24, 2.45) is 0 Å². The maximum Gasteiger partial charge on any atom is 0.0218 e. The molecule has 0 aromatic heterocycles. The van der Waals surface area contributed by atoms with E-state index < -0.39 is 0 Å². The second-order valence-electron chi connectivity index (χ2n) is 12.3. The van der Waals surface area contributed by atoms with Crippen molar-refractivity contribution in [2.75, 3.05) is 52.4 Å². The summed E-state index contributed by atoms with van der Waals surface area (Å²) in [7, 11) is 0. The van der Waals surface area contributed by atoms with Crippen LogP contribution in [-0.4, -0.2) is 52.4 Å². The van der Waals surface area contributed by atoms with Crippen LogP contribution in [0.25, 0.3) is 43.1 Å². The zero-order chi connectivity index (χ0) is 31.0. The third-order valence-electron chi connectivity index (χ3n) is 9.43. The molecule has 0 saturated heterocycles. The van der Waals surface area contributed by atoms with Crippen LogP contribution in [0.5, 0.6) is 0 Å². The van der Waals surface area contributed by atoms with Gasteiger partial charge in [-0.15, -0.1) is 0 Å². The lowest BCUT2D eigenvalue weighted by atomic mass is 9.91. The van der Waals surface area contributed by atoms with Gasteiger partial charge in [-0.25, -0.2) is 0 Å². The minimum Gasteiger partial charge on any atom is -0.314 e. The fourth-order valence-electron chi connectivity index (χ4n) is 7.19. The van der Waals surface area contributed by atoms with Gasteiger partial charge < -0.3 is 31.9 Å². The molecule has 8 rings (SSSR count). The van der Waals surface area contributed by atoms with E-state index in [1.54, 1.807) is 0 Å². The van der Waals surface area contributed by atoms with Gasteiger partial charge in [-0.05, 0) is 65.3 Å². The molecule has 46 heavy (non-hydrogen) atoms. The molecule has 0 amide bonds. The van der Waals surface area contributed by atoms with Crippen LogP contribution >= 0.6 is 0 Å². The number of nitrogens with one attached hydrogen (secondary N) is 6. The summed E-state index contributed by atoms with van der Waals surface area (Å²) in [6, 6.07) is 35.7. The maximum absolute atomic E-state index is 3.73. The molecule has 6 aromatic rings. The molecule has 0 saturated carbocycles. The molecular formula is C40H46N6. The number of benzene rings is 6. The van der Waals surface area contributed by atoms with E-state index in [0.29, 0.717) is 0 Å². The van der Waals surface area contributed by atoms with Crippen molar-refractivity contribution in [3.05, 3.63) is 119 Å². The molecule has 0 spiro atoms. The highest BCUT2D eigenvalue weighted by atomic mass is 15.0. The maximum atomic E-state index is 3.73. The van der Waals surface area contributed by atoms with E-state index in [0.717, 1.165) is 78.5 Å². The minimum absolute atomic E-state index is 0.850. The van der Waals surface area contributed by atoms with Gasteiger partial charge in [0, 0.05) is 78.5 Å². The van der Waals surface area contributed by atoms with E-state index in [4.69, 9.17) is 0 Å². The summed E-state index contributed by atoms with van der Waals surface area (Å²) in [6.45, 7) is 10.8. The summed E-state index contributed by atoms with van der Waals surface area (Å²) in [5, 5.41) is 33.0. The van der Waals surface area contributed by atoms with Crippen molar-refractivity contribution >= 4 is 43.1 Å². The zero-order valence-corrected chi connectivity index (χ0v) is 26.7. The largest absolute Gasteiger partial charge is 0.314 e. The summed E-state index contributed by atoms with van der Waals surface area (Å²) in [5.74, 6) is 0. The quantitative estimate of drug-likeness (QED) is 0.100. The van der Waals surface area contributed by atoms with Gasteiger partial charge in [-0.1, -0.05) is 97.1 Å². The van der Waals surface area contributed by atoms with Crippen LogP contribution in [0, 0.1) is 0 Å². The summed E-state index contributed by atoms with van der Waals surface area (Å²) in [6.07, 6.45) is 0. The average Bonchev–Trinajstić information content (AvgIpc) is 3.10. The van der Waals surface area contributed by atoms with Crippen LogP contribution in [-0.2, 0) is 26.2 Å². The molecular weight excluding hydrogens is 564 g/mol. The van der Waals surface area contributed by atoms with Crippen molar-refractivity contribution in [2.45, 2.75) is 26.2 Å². The van der Waals surface area contributed by atoms with Gasteiger partial charge in [-0.3, -0.25) is 0 Å². The Morgan fingerprint density at radius 1 is 0.239 bits per heavy atom. The van der Waals surface area contributed by atoms with Crippen LogP contribution in [0.4, 0.5) is 0 Å². The van der Waals surface area contributed by atoms with Crippen LogP contribution in [0.1, 0.15) is 22.3 Å². The predicted molar refractivity (Wildman–Crippen MR) is 195 cm³/mol. The molecule has 4 bridgehead atoms. The molecule has 6 N–H and O–H groups in total. The first-order valence-corrected chi connectivity index (χ1v) is 17.0. The first-order chi connectivity index (χ1) is 22.9. The van der Waals surface area contributed by atoms with Crippen molar-refractivity contribution in [1.82, 2.24) is 31.9 Å². The molecule has 6 nitrogen and oxygen atoms in total. The van der Waals surface area contributed by atoms with Crippen molar-refractivity contribution < 1.29 is 0 Å². The van der Waals surface area contributed by atoms with Gasteiger partial charge in [0.05, 0.1) is 0 Å². The Labute approximate surface area is 272 Å². The van der Waals surface area contributed by atoms with E-state index in [9.17, 15) is 0 Å². The third kappa shape index (κ3) is 6.65. The first kappa shape index (κ1) is 30.8. The Bertz CT molecular complexity index is 1540. The standard InChI is InChI=1S/C40H46N6/c1-2-10-30-29(9-1)37-25-43-21-17-41-19-23-45-27-39-33-13-5-7-15-35(33)40(36-16-8-6-14-34(36)39)28-46-24-20-42-18-22-44-26-38(30)32-12-4-3-11-31(32)37/h1-16,41-46H,17-28H2. The van der Waals surface area contributed by atoms with Crippen LogP contribution in [0.15, 0.2) is 97.1 Å². The summed E-state index contributed by atoms with van der Waals surface area (Å²) < 4.78 is 0. The van der Waals surface area contributed by atoms with Gasteiger partial charge in [0.2, 0.25) is 0 Å². The fourth-order valence-corrected chi connectivity index (χ4v) is 7.19. The SMILES string of the molecule is c1ccc2c3c4ccccc4c(c2c1)CNCCNCCNCc1c2ccccc2c(c2ccccc12)CNCCNCCNC3. The molecule has 2 aliphatic rings. The van der Waals surface area contributed by atoms with Crippen LogP contribution < -0.4 is 31.9 Å². The van der Waals surface area contributed by atoms with Gasteiger partial charge in [0.15, 0.2) is 0 Å². The molecule has 6 aromatic carbocycles. The summed E-state index contributed by atoms with van der Waals surface area (Å²) in [5.41, 5.74) is 5.55. The third-order valence-corrected chi connectivity index (χ3v) is 9.43. The highest BCUT2D eigenvalue weighted by Gasteiger charge is 2.15. The highest BCUT2D eigenvalue weighted by Crippen LogP contribution is 2.34. The number of hydrogen-bond donors (Lipinski definition) is 6. The molecule has 0 fully saturated rings. The Balaban J connectivity index is 1.10. The Hall–Kier alpha value is -3.88. The number of fused-ring (bicyclic) bond motifs is 17. The van der Waals surface area contributed by atoms with E-state index in [2.05, 4.69) is 129 Å². The Morgan fingerprint density at radius 3 is 0.609 bits per heavy atom. The Kier molecular flexibility index (Phi) is 10.1. The molecule has 2 heterocycles. The van der Waals surface area contributed by atoms with Crippen LogP contribution in [0.3, 0.4) is 0 Å². The Morgan fingerprint density at radius 2 is 0.413 bits per heavy atom. The second-order valence-corrected chi connectivity index (χ2v) is 12.3. The predicted octanol–water partition coefficient (Wildman–Crippen LogP) is 5.55. The smallest absolute Gasteiger partial charge is 0.0218 e. The summed E-state index contributed by atoms with van der Waals surface area (Å²) >= 11 is 0. The topological polar surface area (TPSA) is 72.2 Å². The van der Waals surface area contributed by atoms with Gasteiger partial charge >= 0.3 is 0 Å². The van der Waals surface area contributed by atoms with E-state index in [1.807, 2.05) is 0 Å². The lowest BCUT2D eigenvalue weighted by Gasteiger charge is -2.19. The van der Waals surface area contributed by atoms with Gasteiger partial charge in [-0.2, -0.15) is 0 Å². The minimum atomic E-state index is 0.850. The molecule has 0 unspecified atom stereocenters. The highest BCUT2D eigenvalue weighted by molar-refractivity contribution is 6.06. The lowest BCUT2D eigenvalue weighted by molar-refractivity contribution is 0.581. The number of hydrogen-bond acceptors (Lipinski definition) is 6. The van der Waals surface area contributed by atoms with Gasteiger partial charge in [0.25, 0.3) is 0 Å². The van der Waals surface area contributed by atoms with Crippen LogP contribution in [0.2, 0.25) is 0 Å². The molecule has 0 aliphatic carbocycles. The molecule has 6 heteroatoms. The van der Waals surface area contributed by atoms with Gasteiger partial charge in [0.1, 0.15) is 0 Å². The zero-order valence-electron chi connectivity index (χ0n) is 26.7. The molecule has 2 aliphatic heterocycles. The first-order valence-electron chi connectivity index (χ1n) is 17.0. The number of rotatable bonds is 0. The molecule has 236 valence electrons. The van der Waals surface area contributed by atoms with Crippen molar-refractivity contribution in [1.29, 1.82) is 0 Å².